The summed E-state index contributed by atoms with van der Waals surface area (Å²) in [4.78, 5) is 23.7. The molecule has 1 aliphatic carbocycles. The molecule has 1 saturated carbocycles. The number of hydrogen-bond acceptors (Lipinski definition) is 2. The van der Waals surface area contributed by atoms with E-state index in [0.717, 1.165) is 11.1 Å². The fourth-order valence-corrected chi connectivity index (χ4v) is 3.18. The van der Waals surface area contributed by atoms with Crippen LogP contribution in [0.3, 0.4) is 0 Å². The third kappa shape index (κ3) is 3.65. The monoisotopic (exact) mass is 323 g/mol. The molecule has 2 aromatic carbocycles. The maximum absolute atomic E-state index is 12.5. The van der Waals surface area contributed by atoms with Crippen molar-refractivity contribution in [1.82, 2.24) is 5.32 Å². The Hall–Kier alpha value is -2.62. The van der Waals surface area contributed by atoms with Gasteiger partial charge in [0.2, 0.25) is 5.91 Å². The van der Waals surface area contributed by atoms with Gasteiger partial charge in [0.1, 0.15) is 0 Å². The molecule has 0 saturated heterocycles. The van der Waals surface area contributed by atoms with Gasteiger partial charge in [-0.05, 0) is 30.4 Å². The molecule has 2 aromatic rings. The summed E-state index contributed by atoms with van der Waals surface area (Å²) in [5.74, 6) is -1.98. The van der Waals surface area contributed by atoms with E-state index in [2.05, 4.69) is 5.32 Å². The Morgan fingerprint density at radius 2 is 1.54 bits per heavy atom. The van der Waals surface area contributed by atoms with Crippen molar-refractivity contribution in [2.24, 2.45) is 11.8 Å². The van der Waals surface area contributed by atoms with Gasteiger partial charge in [-0.2, -0.15) is 0 Å². The molecule has 24 heavy (non-hydrogen) atoms. The molecule has 1 aliphatic rings. The van der Waals surface area contributed by atoms with Crippen molar-refractivity contribution in [2.45, 2.75) is 25.3 Å². The van der Waals surface area contributed by atoms with E-state index < -0.39 is 17.8 Å². The largest absolute Gasteiger partial charge is 0.481 e. The van der Waals surface area contributed by atoms with Crippen LogP contribution < -0.4 is 5.32 Å². The zero-order valence-electron chi connectivity index (χ0n) is 13.4. The summed E-state index contributed by atoms with van der Waals surface area (Å²) >= 11 is 0. The zero-order chi connectivity index (χ0) is 16.9. The number of benzene rings is 2. The number of amides is 1. The van der Waals surface area contributed by atoms with E-state index >= 15 is 0 Å². The van der Waals surface area contributed by atoms with E-state index in [-0.39, 0.29) is 11.9 Å². The molecule has 3 unspecified atom stereocenters. The average Bonchev–Trinajstić information content (AvgIpc) is 2.54. The van der Waals surface area contributed by atoms with Crippen molar-refractivity contribution in [3.63, 3.8) is 0 Å². The highest BCUT2D eigenvalue weighted by Crippen LogP contribution is 2.35. The Morgan fingerprint density at radius 1 is 0.958 bits per heavy atom. The lowest BCUT2D eigenvalue weighted by molar-refractivity contribution is -0.153. The highest BCUT2D eigenvalue weighted by molar-refractivity contribution is 5.86. The maximum atomic E-state index is 12.5. The molecule has 0 aromatic heterocycles. The quantitative estimate of drug-likeness (QED) is 0.858. The second-order valence-electron chi connectivity index (χ2n) is 6.29. The molecule has 1 fully saturated rings. The van der Waals surface area contributed by atoms with Crippen LogP contribution in [0.2, 0.25) is 0 Å². The zero-order valence-corrected chi connectivity index (χ0v) is 13.4. The fraction of sp³-hybridized carbons (Fsp3) is 0.300. The minimum atomic E-state index is -0.874. The van der Waals surface area contributed by atoms with Gasteiger partial charge in [-0.15, -0.1) is 0 Å². The van der Waals surface area contributed by atoms with E-state index in [0.29, 0.717) is 19.3 Å². The van der Waals surface area contributed by atoms with Crippen LogP contribution in [0.15, 0.2) is 60.7 Å². The predicted octanol–water partition coefficient (Wildman–Crippen LogP) is 3.20. The van der Waals surface area contributed by atoms with Gasteiger partial charge in [-0.3, -0.25) is 9.59 Å². The number of hydrogen-bond donors (Lipinski definition) is 2. The van der Waals surface area contributed by atoms with E-state index in [9.17, 15) is 9.59 Å². The van der Waals surface area contributed by atoms with Crippen molar-refractivity contribution >= 4 is 11.9 Å². The Labute approximate surface area is 141 Å². The van der Waals surface area contributed by atoms with Gasteiger partial charge < -0.3 is 10.4 Å². The molecule has 0 aliphatic heterocycles. The molecule has 0 bridgehead atoms. The summed E-state index contributed by atoms with van der Waals surface area (Å²) in [6.45, 7) is 0. The van der Waals surface area contributed by atoms with Crippen LogP contribution in [-0.4, -0.2) is 17.0 Å². The van der Waals surface area contributed by atoms with Gasteiger partial charge in [0.15, 0.2) is 0 Å². The predicted molar refractivity (Wildman–Crippen MR) is 91.3 cm³/mol. The second-order valence-corrected chi connectivity index (χ2v) is 6.29. The van der Waals surface area contributed by atoms with Crippen LogP contribution in [0.1, 0.15) is 30.0 Å². The molecule has 2 N–H and O–H groups in total. The molecule has 4 nitrogen and oxygen atoms in total. The molecular weight excluding hydrogens is 302 g/mol. The standard InChI is InChI=1S/C20H21NO3/c22-19(16-11-12-17(16)20(23)24)21-18(15-9-5-2-6-10-15)13-14-7-3-1-4-8-14/h1-10,16-18H,11-13H2,(H,21,22)(H,23,24). The Morgan fingerprint density at radius 3 is 2.08 bits per heavy atom. The minimum Gasteiger partial charge on any atom is -0.481 e. The fourth-order valence-electron chi connectivity index (χ4n) is 3.18. The lowest BCUT2D eigenvalue weighted by Gasteiger charge is -2.33. The first-order valence-electron chi connectivity index (χ1n) is 8.27. The van der Waals surface area contributed by atoms with Gasteiger partial charge in [0.25, 0.3) is 0 Å². The number of aliphatic carboxylic acids is 1. The molecule has 0 spiro atoms. The topological polar surface area (TPSA) is 66.4 Å². The van der Waals surface area contributed by atoms with Gasteiger partial charge in [-0.1, -0.05) is 60.7 Å². The summed E-state index contributed by atoms with van der Waals surface area (Å²) in [5, 5.41) is 12.2. The van der Waals surface area contributed by atoms with Gasteiger partial charge >= 0.3 is 5.97 Å². The SMILES string of the molecule is O=C(O)C1CCC1C(=O)NC(Cc1ccccc1)c1ccccc1. The lowest BCUT2D eigenvalue weighted by atomic mass is 9.73. The minimum absolute atomic E-state index is 0.154. The maximum Gasteiger partial charge on any atom is 0.307 e. The highest BCUT2D eigenvalue weighted by Gasteiger charge is 2.41. The summed E-state index contributed by atoms with van der Waals surface area (Å²) in [6, 6.07) is 19.6. The number of rotatable bonds is 6. The molecule has 0 radical (unpaired) electrons. The van der Waals surface area contributed by atoms with Crippen LogP contribution in [0.25, 0.3) is 0 Å². The number of carbonyl (C=O) groups excluding carboxylic acids is 1. The first-order chi connectivity index (χ1) is 11.6. The number of carboxylic acids is 1. The summed E-state index contributed by atoms with van der Waals surface area (Å²) < 4.78 is 0. The van der Waals surface area contributed by atoms with Gasteiger partial charge in [-0.25, -0.2) is 0 Å². The van der Waals surface area contributed by atoms with E-state index in [4.69, 9.17) is 5.11 Å². The van der Waals surface area contributed by atoms with Crippen LogP contribution in [0.5, 0.6) is 0 Å². The van der Waals surface area contributed by atoms with Crippen molar-refractivity contribution in [1.29, 1.82) is 0 Å². The van der Waals surface area contributed by atoms with E-state index in [1.54, 1.807) is 0 Å². The molecule has 0 heterocycles. The summed E-state index contributed by atoms with van der Waals surface area (Å²) in [7, 11) is 0. The third-order valence-corrected chi connectivity index (χ3v) is 4.73. The average molecular weight is 323 g/mol. The molecule has 3 atom stereocenters. The summed E-state index contributed by atoms with van der Waals surface area (Å²) in [6.07, 6.45) is 1.92. The smallest absolute Gasteiger partial charge is 0.307 e. The van der Waals surface area contributed by atoms with Crippen molar-refractivity contribution in [2.75, 3.05) is 0 Å². The van der Waals surface area contributed by atoms with Crippen LogP contribution in [0.4, 0.5) is 0 Å². The lowest BCUT2D eigenvalue weighted by Crippen LogP contribution is -2.45. The number of carbonyl (C=O) groups is 2. The second kappa shape index (κ2) is 7.30. The number of nitrogens with one attached hydrogen (secondary N) is 1. The molecule has 124 valence electrons. The van der Waals surface area contributed by atoms with Crippen LogP contribution in [-0.2, 0) is 16.0 Å². The molecular formula is C20H21NO3. The molecule has 4 heteroatoms. The summed E-state index contributed by atoms with van der Waals surface area (Å²) in [5.41, 5.74) is 2.16. The van der Waals surface area contributed by atoms with Crippen molar-refractivity contribution in [3.05, 3.63) is 71.8 Å². The Kier molecular flexibility index (Phi) is 4.94. The first-order valence-corrected chi connectivity index (χ1v) is 8.27. The Bertz CT molecular complexity index is 699. The van der Waals surface area contributed by atoms with Crippen LogP contribution >= 0.6 is 0 Å². The van der Waals surface area contributed by atoms with Crippen molar-refractivity contribution < 1.29 is 14.7 Å². The van der Waals surface area contributed by atoms with Crippen LogP contribution in [0, 0.1) is 11.8 Å². The van der Waals surface area contributed by atoms with E-state index in [1.807, 2.05) is 60.7 Å². The molecule has 1 amide bonds. The first kappa shape index (κ1) is 16.2. The van der Waals surface area contributed by atoms with Gasteiger partial charge in [0.05, 0.1) is 17.9 Å². The van der Waals surface area contributed by atoms with Crippen molar-refractivity contribution in [3.8, 4) is 0 Å². The highest BCUT2D eigenvalue weighted by atomic mass is 16.4. The third-order valence-electron chi connectivity index (χ3n) is 4.73. The van der Waals surface area contributed by atoms with E-state index in [1.165, 1.54) is 0 Å². The van der Waals surface area contributed by atoms with Gasteiger partial charge in [0, 0.05) is 0 Å². The normalized spacial score (nSPS) is 20.7. The Balaban J connectivity index is 1.75. The molecule has 3 rings (SSSR count). The number of carboxylic acid groups (broad SMARTS) is 1.